The molecule has 27 heavy (non-hydrogen) atoms. The van der Waals surface area contributed by atoms with Crippen LogP contribution in [-0.2, 0) is 10.2 Å². The highest BCUT2D eigenvalue weighted by Gasteiger charge is 2.38. The average Bonchev–Trinajstić information content (AvgIpc) is 3.16. The minimum Gasteiger partial charge on any atom is -0.352 e. The number of hydrogen-bond acceptors (Lipinski definition) is 2. The lowest BCUT2D eigenvalue weighted by Crippen LogP contribution is -2.45. The Morgan fingerprint density at radius 2 is 1.78 bits per heavy atom. The zero-order chi connectivity index (χ0) is 18.5. The van der Waals surface area contributed by atoms with Crippen molar-refractivity contribution in [3.05, 3.63) is 90.3 Å². The van der Waals surface area contributed by atoms with E-state index in [-0.39, 0.29) is 11.3 Å². The topological polar surface area (TPSA) is 46.9 Å². The van der Waals surface area contributed by atoms with Gasteiger partial charge < -0.3 is 5.32 Å². The molecule has 4 heteroatoms. The second-order valence-electron chi connectivity index (χ2n) is 7.10. The minimum atomic E-state index is -0.0651. The van der Waals surface area contributed by atoms with Gasteiger partial charge in [-0.05, 0) is 36.6 Å². The summed E-state index contributed by atoms with van der Waals surface area (Å²) in [4.78, 5) is 12.3. The first kappa shape index (κ1) is 17.3. The third kappa shape index (κ3) is 3.85. The van der Waals surface area contributed by atoms with Gasteiger partial charge in [0.15, 0.2) is 0 Å². The van der Waals surface area contributed by atoms with Crippen LogP contribution >= 0.6 is 0 Å². The van der Waals surface area contributed by atoms with Crippen molar-refractivity contribution in [3.63, 3.8) is 0 Å². The van der Waals surface area contributed by atoms with Crippen LogP contribution in [-0.4, -0.2) is 22.2 Å². The first-order valence-electron chi connectivity index (χ1n) is 9.37. The Bertz CT molecular complexity index is 925. The van der Waals surface area contributed by atoms with Crippen LogP contribution < -0.4 is 5.32 Å². The number of rotatable bonds is 6. The largest absolute Gasteiger partial charge is 0.352 e. The fraction of sp³-hybridized carbons (Fsp3) is 0.217. The van der Waals surface area contributed by atoms with Crippen molar-refractivity contribution >= 4 is 12.0 Å². The number of hydrogen-bond donors (Lipinski definition) is 1. The molecule has 1 aliphatic carbocycles. The molecule has 1 aromatic heterocycles. The third-order valence-corrected chi connectivity index (χ3v) is 5.35. The number of nitrogens with one attached hydrogen (secondary N) is 1. The monoisotopic (exact) mass is 357 g/mol. The predicted octanol–water partition coefficient (Wildman–Crippen LogP) is 4.12. The molecule has 0 saturated heterocycles. The van der Waals surface area contributed by atoms with E-state index in [0.717, 1.165) is 24.1 Å². The normalized spacial score (nSPS) is 15.4. The molecule has 0 aliphatic heterocycles. The van der Waals surface area contributed by atoms with Crippen molar-refractivity contribution in [2.75, 3.05) is 6.54 Å². The smallest absolute Gasteiger partial charge is 0.244 e. The van der Waals surface area contributed by atoms with Gasteiger partial charge in [-0.1, -0.05) is 55.0 Å². The second kappa shape index (κ2) is 7.62. The molecule has 1 N–H and O–H groups in total. The summed E-state index contributed by atoms with van der Waals surface area (Å²) in [5.41, 5.74) is 3.32. The highest BCUT2D eigenvalue weighted by atomic mass is 16.1. The van der Waals surface area contributed by atoms with Crippen LogP contribution in [0, 0.1) is 0 Å². The molecular weight excluding hydrogens is 334 g/mol. The summed E-state index contributed by atoms with van der Waals surface area (Å²) in [5.74, 6) is -0.0651. The van der Waals surface area contributed by atoms with Crippen molar-refractivity contribution in [1.82, 2.24) is 15.1 Å². The summed E-state index contributed by atoms with van der Waals surface area (Å²) in [7, 11) is 0. The lowest BCUT2D eigenvalue weighted by Gasteiger charge is -2.42. The maximum atomic E-state index is 12.3. The van der Waals surface area contributed by atoms with Gasteiger partial charge in [-0.2, -0.15) is 5.10 Å². The molecule has 136 valence electrons. The molecule has 1 amide bonds. The number of carbonyl (C=O) groups excluding carboxylic acids is 1. The molecule has 1 aliphatic rings. The summed E-state index contributed by atoms with van der Waals surface area (Å²) in [6.45, 7) is 0.684. The first-order valence-corrected chi connectivity index (χ1v) is 9.37. The molecule has 4 rings (SSSR count). The Kier molecular flexibility index (Phi) is 4.88. The van der Waals surface area contributed by atoms with E-state index in [9.17, 15) is 4.79 Å². The van der Waals surface area contributed by atoms with E-state index in [1.807, 2.05) is 42.6 Å². The molecule has 0 bridgehead atoms. The summed E-state index contributed by atoms with van der Waals surface area (Å²) < 4.78 is 1.80. The van der Waals surface area contributed by atoms with Crippen molar-refractivity contribution in [2.24, 2.45) is 0 Å². The van der Waals surface area contributed by atoms with Gasteiger partial charge in [0.1, 0.15) is 0 Å². The van der Waals surface area contributed by atoms with E-state index in [1.54, 1.807) is 23.0 Å². The van der Waals surface area contributed by atoms with Crippen LogP contribution in [0.4, 0.5) is 0 Å². The highest BCUT2D eigenvalue weighted by molar-refractivity contribution is 5.91. The first-order chi connectivity index (χ1) is 13.3. The van der Waals surface area contributed by atoms with Crippen LogP contribution in [0.1, 0.15) is 30.4 Å². The van der Waals surface area contributed by atoms with Gasteiger partial charge in [-0.25, -0.2) is 4.68 Å². The van der Waals surface area contributed by atoms with Crippen LogP contribution in [0.25, 0.3) is 11.8 Å². The van der Waals surface area contributed by atoms with Crippen molar-refractivity contribution < 1.29 is 4.79 Å². The fourth-order valence-corrected chi connectivity index (χ4v) is 3.59. The van der Waals surface area contributed by atoms with Crippen molar-refractivity contribution in [1.29, 1.82) is 0 Å². The number of amides is 1. The van der Waals surface area contributed by atoms with Gasteiger partial charge >= 0.3 is 0 Å². The SMILES string of the molecule is O=C(/C=C/c1cnn(-c2ccccc2)c1)NCC1(c2ccccc2)CCC1. The van der Waals surface area contributed by atoms with Crippen molar-refractivity contribution in [2.45, 2.75) is 24.7 Å². The van der Waals surface area contributed by atoms with Crippen LogP contribution in [0.2, 0.25) is 0 Å². The molecule has 0 unspecified atom stereocenters. The molecule has 1 fully saturated rings. The van der Waals surface area contributed by atoms with Crippen LogP contribution in [0.15, 0.2) is 79.1 Å². The quantitative estimate of drug-likeness (QED) is 0.675. The lowest BCUT2D eigenvalue weighted by molar-refractivity contribution is -0.116. The minimum absolute atomic E-state index is 0.0651. The Labute approximate surface area is 159 Å². The van der Waals surface area contributed by atoms with E-state index in [0.29, 0.717) is 6.54 Å². The third-order valence-electron chi connectivity index (χ3n) is 5.35. The highest BCUT2D eigenvalue weighted by Crippen LogP contribution is 2.43. The van der Waals surface area contributed by atoms with E-state index in [2.05, 4.69) is 34.7 Å². The number of aromatic nitrogens is 2. The maximum Gasteiger partial charge on any atom is 0.244 e. The van der Waals surface area contributed by atoms with Gasteiger partial charge in [0.2, 0.25) is 5.91 Å². The molecule has 4 nitrogen and oxygen atoms in total. The maximum absolute atomic E-state index is 12.3. The molecule has 1 saturated carbocycles. The molecule has 0 spiro atoms. The molecular formula is C23H23N3O. The van der Waals surface area contributed by atoms with Gasteiger partial charge in [0.25, 0.3) is 0 Å². The van der Waals surface area contributed by atoms with Crippen LogP contribution in [0.5, 0.6) is 0 Å². The zero-order valence-electron chi connectivity index (χ0n) is 15.2. The van der Waals surface area contributed by atoms with Crippen LogP contribution in [0.3, 0.4) is 0 Å². The second-order valence-corrected chi connectivity index (χ2v) is 7.10. The Balaban J connectivity index is 1.36. The van der Waals surface area contributed by atoms with Gasteiger partial charge in [0, 0.05) is 29.8 Å². The van der Waals surface area contributed by atoms with Crippen molar-refractivity contribution in [3.8, 4) is 5.69 Å². The molecule has 0 radical (unpaired) electrons. The molecule has 2 aromatic carbocycles. The lowest BCUT2D eigenvalue weighted by atomic mass is 9.64. The standard InChI is InChI=1S/C23H23N3O/c27-22(24-18-23(14-7-15-23)20-8-3-1-4-9-20)13-12-19-16-25-26(17-19)21-10-5-2-6-11-21/h1-6,8-13,16-17H,7,14-15,18H2,(H,24,27)/b13-12+. The Morgan fingerprint density at radius 1 is 1.07 bits per heavy atom. The van der Waals surface area contributed by atoms with Gasteiger partial charge in [0.05, 0.1) is 11.9 Å². The van der Waals surface area contributed by atoms with Gasteiger partial charge in [-0.15, -0.1) is 0 Å². The summed E-state index contributed by atoms with van der Waals surface area (Å²) >= 11 is 0. The number of carbonyl (C=O) groups is 1. The fourth-order valence-electron chi connectivity index (χ4n) is 3.59. The summed E-state index contributed by atoms with van der Waals surface area (Å²) in [6, 6.07) is 20.4. The Morgan fingerprint density at radius 3 is 2.44 bits per heavy atom. The number of nitrogens with zero attached hydrogens (tertiary/aromatic N) is 2. The number of benzene rings is 2. The van der Waals surface area contributed by atoms with E-state index >= 15 is 0 Å². The van der Waals surface area contributed by atoms with Gasteiger partial charge in [-0.3, -0.25) is 4.79 Å². The summed E-state index contributed by atoms with van der Waals surface area (Å²) in [6.07, 6.45) is 10.5. The summed E-state index contributed by atoms with van der Waals surface area (Å²) in [5, 5.41) is 7.43. The predicted molar refractivity (Wildman–Crippen MR) is 108 cm³/mol. The van der Waals surface area contributed by atoms with E-state index in [1.165, 1.54) is 12.0 Å². The zero-order valence-corrected chi connectivity index (χ0v) is 15.2. The molecule has 1 heterocycles. The molecule has 0 atom stereocenters. The number of para-hydroxylation sites is 1. The molecule has 3 aromatic rings. The average molecular weight is 357 g/mol. The Hall–Kier alpha value is -3.14. The van der Waals surface area contributed by atoms with E-state index < -0.39 is 0 Å². The van der Waals surface area contributed by atoms with E-state index in [4.69, 9.17) is 0 Å².